The lowest BCUT2D eigenvalue weighted by Crippen LogP contribution is -2.44. The molecular weight excluding hydrogens is 402 g/mol. The molecule has 0 aliphatic carbocycles. The molecule has 7 nitrogen and oxygen atoms in total. The van der Waals surface area contributed by atoms with E-state index in [1.165, 1.54) is 5.56 Å². The third-order valence-electron chi connectivity index (χ3n) is 5.83. The number of aromatic nitrogens is 2. The minimum atomic E-state index is -0.110. The van der Waals surface area contributed by atoms with Crippen LogP contribution >= 0.6 is 0 Å². The monoisotopic (exact) mass is 431 g/mol. The van der Waals surface area contributed by atoms with E-state index in [9.17, 15) is 9.59 Å². The number of hydrogen-bond acceptors (Lipinski definition) is 3. The molecule has 2 aromatic carbocycles. The molecule has 2 heterocycles. The van der Waals surface area contributed by atoms with Crippen LogP contribution in [-0.2, 0) is 17.9 Å². The van der Waals surface area contributed by atoms with Crippen molar-refractivity contribution in [1.82, 2.24) is 19.6 Å². The van der Waals surface area contributed by atoms with Crippen molar-refractivity contribution in [3.63, 3.8) is 0 Å². The average molecular weight is 432 g/mol. The molecule has 1 fully saturated rings. The zero-order valence-corrected chi connectivity index (χ0v) is 18.4. The van der Waals surface area contributed by atoms with E-state index >= 15 is 0 Å². The zero-order chi connectivity index (χ0) is 22.3. The van der Waals surface area contributed by atoms with Gasteiger partial charge in [-0.25, -0.2) is 4.79 Å². The van der Waals surface area contributed by atoms with Crippen LogP contribution in [0, 0.1) is 5.92 Å². The van der Waals surface area contributed by atoms with E-state index in [1.807, 2.05) is 72.7 Å². The second-order valence-electron chi connectivity index (χ2n) is 8.28. The number of benzene rings is 2. The molecule has 0 saturated carbocycles. The van der Waals surface area contributed by atoms with E-state index in [2.05, 4.69) is 22.5 Å². The highest BCUT2D eigenvalue weighted by Gasteiger charge is 2.29. The number of nitrogens with zero attached hydrogens (tertiary/aromatic N) is 4. The maximum Gasteiger partial charge on any atom is 0.321 e. The van der Waals surface area contributed by atoms with Crippen molar-refractivity contribution < 1.29 is 9.59 Å². The van der Waals surface area contributed by atoms with Gasteiger partial charge in [0.15, 0.2) is 0 Å². The van der Waals surface area contributed by atoms with Gasteiger partial charge in [0.1, 0.15) is 0 Å². The molecular formula is C25H29N5O2. The van der Waals surface area contributed by atoms with Crippen molar-refractivity contribution in [2.75, 3.05) is 25.5 Å². The lowest BCUT2D eigenvalue weighted by atomic mass is 9.95. The second kappa shape index (κ2) is 10.1. The van der Waals surface area contributed by atoms with Gasteiger partial charge in [0.05, 0.1) is 12.7 Å². The van der Waals surface area contributed by atoms with Gasteiger partial charge in [-0.3, -0.25) is 9.48 Å². The summed E-state index contributed by atoms with van der Waals surface area (Å²) in [6.45, 7) is 2.40. The summed E-state index contributed by atoms with van der Waals surface area (Å²) in [5.74, 6) is 0.0732. The van der Waals surface area contributed by atoms with Crippen LogP contribution in [0.15, 0.2) is 73.1 Å². The maximum absolute atomic E-state index is 12.9. The van der Waals surface area contributed by atoms with E-state index in [0.717, 1.165) is 11.3 Å². The Kier molecular flexibility index (Phi) is 6.84. The number of hydrogen-bond donors (Lipinski definition) is 1. The summed E-state index contributed by atoms with van der Waals surface area (Å²) in [7, 11) is 1.84. The first-order chi connectivity index (χ1) is 15.6. The number of likely N-dealkylation sites (tertiary alicyclic amines) is 1. The Morgan fingerprint density at radius 3 is 2.34 bits per heavy atom. The fourth-order valence-corrected chi connectivity index (χ4v) is 4.06. The van der Waals surface area contributed by atoms with Crippen LogP contribution in [0.25, 0.3) is 0 Å². The van der Waals surface area contributed by atoms with Crippen molar-refractivity contribution in [2.45, 2.75) is 25.9 Å². The first-order valence-corrected chi connectivity index (χ1v) is 11.0. The molecule has 1 saturated heterocycles. The lowest BCUT2D eigenvalue weighted by Gasteiger charge is -2.33. The summed E-state index contributed by atoms with van der Waals surface area (Å²) in [4.78, 5) is 29.0. The molecule has 0 spiro atoms. The summed E-state index contributed by atoms with van der Waals surface area (Å²) in [6, 6.07) is 19.5. The Labute approximate surface area is 188 Å². The van der Waals surface area contributed by atoms with Crippen LogP contribution in [0.5, 0.6) is 0 Å². The molecule has 7 heteroatoms. The van der Waals surface area contributed by atoms with Gasteiger partial charge in [-0.2, -0.15) is 5.10 Å². The summed E-state index contributed by atoms with van der Waals surface area (Å²) >= 11 is 0. The molecule has 166 valence electrons. The quantitative estimate of drug-likeness (QED) is 0.645. The number of para-hydroxylation sites is 1. The average Bonchev–Trinajstić information content (AvgIpc) is 3.26. The molecule has 3 amide bonds. The highest BCUT2D eigenvalue weighted by atomic mass is 16.2. The summed E-state index contributed by atoms with van der Waals surface area (Å²) < 4.78 is 1.90. The van der Waals surface area contributed by atoms with E-state index in [4.69, 9.17) is 0 Å². The number of urea groups is 1. The third-order valence-corrected chi connectivity index (χ3v) is 5.83. The van der Waals surface area contributed by atoms with Crippen LogP contribution in [0.1, 0.15) is 24.0 Å². The molecule has 0 radical (unpaired) electrons. The van der Waals surface area contributed by atoms with E-state index in [1.54, 1.807) is 9.80 Å². The van der Waals surface area contributed by atoms with Gasteiger partial charge < -0.3 is 15.1 Å². The molecule has 4 rings (SSSR count). The van der Waals surface area contributed by atoms with Gasteiger partial charge in [-0.05, 0) is 30.5 Å². The van der Waals surface area contributed by atoms with Crippen LogP contribution in [-0.4, -0.2) is 51.7 Å². The number of carbonyl (C=O) groups is 2. The van der Waals surface area contributed by atoms with Crippen LogP contribution < -0.4 is 5.32 Å². The standard InChI is InChI=1S/C25H29N5O2/c1-28(17-21-16-26-30(19-21)18-20-8-4-2-5-9-20)24(31)22-12-14-29(15-13-22)25(32)27-23-10-6-3-7-11-23/h2-11,16,19,22H,12-15,17-18H2,1H3,(H,27,32). The van der Waals surface area contributed by atoms with Crippen LogP contribution in [0.4, 0.5) is 10.5 Å². The molecule has 3 aromatic rings. The molecule has 1 aliphatic rings. The van der Waals surface area contributed by atoms with Crippen molar-refractivity contribution in [2.24, 2.45) is 5.92 Å². The van der Waals surface area contributed by atoms with Crippen LogP contribution in [0.2, 0.25) is 0 Å². The Balaban J connectivity index is 1.25. The maximum atomic E-state index is 12.9. The number of amides is 3. The lowest BCUT2D eigenvalue weighted by molar-refractivity contribution is -0.136. The minimum Gasteiger partial charge on any atom is -0.341 e. The number of rotatable bonds is 6. The predicted molar refractivity (Wildman–Crippen MR) is 124 cm³/mol. The normalized spacial score (nSPS) is 14.2. The van der Waals surface area contributed by atoms with Gasteiger partial charge in [-0.15, -0.1) is 0 Å². The van der Waals surface area contributed by atoms with Crippen molar-refractivity contribution in [3.05, 3.63) is 84.2 Å². The zero-order valence-electron chi connectivity index (χ0n) is 18.4. The number of piperidine rings is 1. The third kappa shape index (κ3) is 5.55. The minimum absolute atomic E-state index is 0.0554. The largest absolute Gasteiger partial charge is 0.341 e. The van der Waals surface area contributed by atoms with Crippen molar-refractivity contribution in [3.8, 4) is 0 Å². The topological polar surface area (TPSA) is 70.5 Å². The number of carbonyl (C=O) groups excluding carboxylic acids is 2. The first-order valence-electron chi connectivity index (χ1n) is 11.0. The van der Waals surface area contributed by atoms with Gasteiger partial charge >= 0.3 is 6.03 Å². The molecule has 0 bridgehead atoms. The van der Waals surface area contributed by atoms with Crippen LogP contribution in [0.3, 0.4) is 0 Å². The van der Waals surface area contributed by atoms with E-state index < -0.39 is 0 Å². The molecule has 0 atom stereocenters. The summed E-state index contributed by atoms with van der Waals surface area (Å²) in [5, 5.41) is 7.34. The Bertz CT molecular complexity index is 1030. The Morgan fingerprint density at radius 1 is 1.00 bits per heavy atom. The number of nitrogens with one attached hydrogen (secondary N) is 1. The molecule has 1 aliphatic heterocycles. The SMILES string of the molecule is CN(Cc1cnn(Cc2ccccc2)c1)C(=O)C1CCN(C(=O)Nc2ccccc2)CC1. The van der Waals surface area contributed by atoms with Crippen molar-refractivity contribution >= 4 is 17.6 Å². The van der Waals surface area contributed by atoms with E-state index in [-0.39, 0.29) is 17.9 Å². The Hall–Kier alpha value is -3.61. The molecule has 1 N–H and O–H groups in total. The fourth-order valence-electron chi connectivity index (χ4n) is 4.06. The highest BCUT2D eigenvalue weighted by molar-refractivity contribution is 5.89. The van der Waals surface area contributed by atoms with Gasteiger partial charge in [0.25, 0.3) is 0 Å². The van der Waals surface area contributed by atoms with Gasteiger partial charge in [0, 0.05) is 50.0 Å². The molecule has 0 unspecified atom stereocenters. The first kappa shape index (κ1) is 21.6. The molecule has 32 heavy (non-hydrogen) atoms. The van der Waals surface area contributed by atoms with Crippen molar-refractivity contribution in [1.29, 1.82) is 0 Å². The van der Waals surface area contributed by atoms with Gasteiger partial charge in [0.2, 0.25) is 5.91 Å². The van der Waals surface area contributed by atoms with Gasteiger partial charge in [-0.1, -0.05) is 48.5 Å². The summed E-state index contributed by atoms with van der Waals surface area (Å²) in [5.41, 5.74) is 2.98. The second-order valence-corrected chi connectivity index (χ2v) is 8.28. The molecule has 1 aromatic heterocycles. The fraction of sp³-hybridized carbons (Fsp3) is 0.320. The van der Waals surface area contributed by atoms with E-state index in [0.29, 0.717) is 39.0 Å². The predicted octanol–water partition coefficient (Wildman–Crippen LogP) is 3.83. The number of anilines is 1. The highest BCUT2D eigenvalue weighted by Crippen LogP contribution is 2.21. The summed E-state index contributed by atoms with van der Waals surface area (Å²) in [6.07, 6.45) is 5.17. The smallest absolute Gasteiger partial charge is 0.321 e. The Morgan fingerprint density at radius 2 is 1.66 bits per heavy atom.